The van der Waals surface area contributed by atoms with E-state index in [2.05, 4.69) is 15.2 Å². The summed E-state index contributed by atoms with van der Waals surface area (Å²) in [5, 5.41) is 6.49. The van der Waals surface area contributed by atoms with E-state index in [1.807, 2.05) is 0 Å². The lowest BCUT2D eigenvalue weighted by atomic mass is 10.1. The second kappa shape index (κ2) is 2.04. The number of hydrogen-bond acceptors (Lipinski definition) is 3. The number of aromatic amines is 1. The van der Waals surface area contributed by atoms with E-state index in [9.17, 15) is 4.79 Å². The lowest BCUT2D eigenvalue weighted by Gasteiger charge is -2.00. The summed E-state index contributed by atoms with van der Waals surface area (Å²) in [6, 6.07) is 0. The molecule has 1 aliphatic rings. The predicted octanol–water partition coefficient (Wildman–Crippen LogP) is 0.735. The second-order valence-electron chi connectivity index (χ2n) is 2.72. The fraction of sp³-hybridized carbons (Fsp3) is 0.429. The Hall–Kier alpha value is -1.41. The van der Waals surface area contributed by atoms with Crippen molar-refractivity contribution in [2.45, 2.75) is 18.4 Å². The molecule has 0 amide bonds. The van der Waals surface area contributed by atoms with Gasteiger partial charge in [-0.1, -0.05) is 0 Å². The van der Waals surface area contributed by atoms with Crippen molar-refractivity contribution in [3.63, 3.8) is 0 Å². The summed E-state index contributed by atoms with van der Waals surface area (Å²) in [4.78, 5) is 13.8. The number of carbonyl (C=O) groups excluding carboxylic acids is 1. The smallest absolute Gasteiger partial charge is 0.235 e. The van der Waals surface area contributed by atoms with Crippen LogP contribution in [0.5, 0.6) is 0 Å². The quantitative estimate of drug-likeness (QED) is 0.498. The highest BCUT2D eigenvalue weighted by Crippen LogP contribution is 2.48. The van der Waals surface area contributed by atoms with Crippen molar-refractivity contribution in [3.8, 4) is 0 Å². The zero-order valence-corrected chi connectivity index (χ0v) is 5.87. The van der Waals surface area contributed by atoms with Crippen molar-refractivity contribution >= 4 is 6.08 Å². The highest BCUT2D eigenvalue weighted by atomic mass is 16.1. The summed E-state index contributed by atoms with van der Waals surface area (Å²) < 4.78 is 0. The van der Waals surface area contributed by atoms with Crippen LogP contribution in [-0.2, 0) is 10.3 Å². The van der Waals surface area contributed by atoms with Crippen molar-refractivity contribution in [3.05, 3.63) is 18.0 Å². The minimum Gasteiger partial charge on any atom is -0.285 e. The Morgan fingerprint density at radius 3 is 3.00 bits per heavy atom. The first-order valence-corrected chi connectivity index (χ1v) is 3.46. The minimum absolute atomic E-state index is 0.269. The molecule has 0 bridgehead atoms. The van der Waals surface area contributed by atoms with Crippen LogP contribution in [0.2, 0.25) is 0 Å². The van der Waals surface area contributed by atoms with E-state index in [4.69, 9.17) is 0 Å². The Balaban J connectivity index is 2.35. The van der Waals surface area contributed by atoms with E-state index in [0.29, 0.717) is 0 Å². The lowest BCUT2D eigenvalue weighted by Crippen LogP contribution is -1.99. The van der Waals surface area contributed by atoms with Gasteiger partial charge >= 0.3 is 0 Å². The van der Waals surface area contributed by atoms with Gasteiger partial charge in [0, 0.05) is 11.8 Å². The first kappa shape index (κ1) is 6.31. The fourth-order valence-corrected chi connectivity index (χ4v) is 1.18. The molecule has 1 saturated carbocycles. The van der Waals surface area contributed by atoms with Crippen LogP contribution in [0.3, 0.4) is 0 Å². The summed E-state index contributed by atoms with van der Waals surface area (Å²) in [7, 11) is 0. The number of nitrogens with zero attached hydrogens (tertiary/aromatic N) is 2. The number of hydrogen-bond donors (Lipinski definition) is 1. The van der Waals surface area contributed by atoms with Gasteiger partial charge in [-0.15, -0.1) is 0 Å². The molecule has 4 heteroatoms. The molecule has 0 unspecified atom stereocenters. The highest BCUT2D eigenvalue weighted by molar-refractivity contribution is 5.39. The molecule has 56 valence electrons. The maximum absolute atomic E-state index is 10.0. The van der Waals surface area contributed by atoms with Crippen LogP contribution in [0.4, 0.5) is 0 Å². The zero-order valence-electron chi connectivity index (χ0n) is 5.87. The molecule has 1 N–H and O–H groups in total. The zero-order chi connectivity index (χ0) is 7.73. The van der Waals surface area contributed by atoms with Gasteiger partial charge in [0.2, 0.25) is 6.08 Å². The van der Waals surface area contributed by atoms with E-state index in [-0.39, 0.29) is 5.54 Å². The molecule has 1 aliphatic carbocycles. The largest absolute Gasteiger partial charge is 0.285 e. The van der Waals surface area contributed by atoms with Crippen LogP contribution in [0, 0.1) is 0 Å². The Morgan fingerprint density at radius 1 is 1.73 bits per heavy atom. The molecule has 1 aromatic heterocycles. The number of H-pyrrole nitrogens is 1. The Bertz CT molecular complexity index is 293. The Kier molecular flexibility index (Phi) is 1.17. The monoisotopic (exact) mass is 149 g/mol. The molecule has 0 aromatic carbocycles. The van der Waals surface area contributed by atoms with Gasteiger partial charge in [0.15, 0.2) is 0 Å². The molecular weight excluding hydrogens is 142 g/mol. The fourth-order valence-electron chi connectivity index (χ4n) is 1.18. The average molecular weight is 149 g/mol. The molecule has 1 heterocycles. The maximum atomic E-state index is 10.0. The molecule has 1 aromatic rings. The molecule has 0 atom stereocenters. The number of isocyanates is 1. The van der Waals surface area contributed by atoms with Gasteiger partial charge in [-0.2, -0.15) is 10.1 Å². The third kappa shape index (κ3) is 0.880. The van der Waals surface area contributed by atoms with E-state index in [1.165, 1.54) is 0 Å². The molecule has 11 heavy (non-hydrogen) atoms. The van der Waals surface area contributed by atoms with Gasteiger partial charge in [0.1, 0.15) is 5.54 Å². The summed E-state index contributed by atoms with van der Waals surface area (Å²) in [6.45, 7) is 0. The van der Waals surface area contributed by atoms with Crippen LogP contribution in [-0.4, -0.2) is 16.3 Å². The molecule has 0 spiro atoms. The van der Waals surface area contributed by atoms with Crippen molar-refractivity contribution in [1.82, 2.24) is 10.2 Å². The first-order valence-electron chi connectivity index (χ1n) is 3.46. The summed E-state index contributed by atoms with van der Waals surface area (Å²) in [6.07, 6.45) is 6.93. The van der Waals surface area contributed by atoms with Gasteiger partial charge in [-0.3, -0.25) is 5.10 Å². The number of aliphatic imine (C=N–C) groups is 1. The molecule has 0 saturated heterocycles. The molecule has 1 fully saturated rings. The van der Waals surface area contributed by atoms with Crippen LogP contribution in [0.1, 0.15) is 18.4 Å². The molecule has 4 nitrogen and oxygen atoms in total. The molecular formula is C7H7N3O. The van der Waals surface area contributed by atoms with Gasteiger partial charge in [0.05, 0.1) is 6.20 Å². The van der Waals surface area contributed by atoms with Gasteiger partial charge in [-0.05, 0) is 12.8 Å². The van der Waals surface area contributed by atoms with Crippen molar-refractivity contribution in [2.75, 3.05) is 0 Å². The third-order valence-corrected chi connectivity index (χ3v) is 2.02. The maximum Gasteiger partial charge on any atom is 0.235 e. The third-order valence-electron chi connectivity index (χ3n) is 2.02. The first-order chi connectivity index (χ1) is 5.37. The van der Waals surface area contributed by atoms with Crippen molar-refractivity contribution in [1.29, 1.82) is 0 Å². The summed E-state index contributed by atoms with van der Waals surface area (Å²) >= 11 is 0. The van der Waals surface area contributed by atoms with Crippen molar-refractivity contribution in [2.24, 2.45) is 4.99 Å². The molecule has 2 rings (SSSR count). The average Bonchev–Trinajstić information content (AvgIpc) is 2.63. The second-order valence-corrected chi connectivity index (χ2v) is 2.72. The van der Waals surface area contributed by atoms with Crippen LogP contribution in [0.15, 0.2) is 17.4 Å². The Labute approximate surface area is 63.3 Å². The summed E-state index contributed by atoms with van der Waals surface area (Å²) in [5.74, 6) is 0. The van der Waals surface area contributed by atoms with E-state index in [1.54, 1.807) is 18.5 Å². The normalized spacial score (nSPS) is 18.9. The van der Waals surface area contributed by atoms with Gasteiger partial charge in [-0.25, -0.2) is 4.79 Å². The molecule has 0 aliphatic heterocycles. The van der Waals surface area contributed by atoms with E-state index in [0.717, 1.165) is 18.4 Å². The highest BCUT2D eigenvalue weighted by Gasteiger charge is 2.45. The number of aromatic nitrogens is 2. The Morgan fingerprint density at radius 2 is 2.55 bits per heavy atom. The topological polar surface area (TPSA) is 58.1 Å². The molecule has 0 radical (unpaired) electrons. The van der Waals surface area contributed by atoms with Crippen molar-refractivity contribution < 1.29 is 4.79 Å². The van der Waals surface area contributed by atoms with Gasteiger partial charge < -0.3 is 0 Å². The standard InChI is InChI=1S/C7H7N3O/c11-5-8-7(1-2-7)6-3-9-10-4-6/h3-4H,1-2H2,(H,9,10). The van der Waals surface area contributed by atoms with Crippen LogP contribution >= 0.6 is 0 Å². The SMILES string of the molecule is O=C=NC1(c2cn[nH]c2)CC1. The number of rotatable bonds is 2. The van der Waals surface area contributed by atoms with Crippen LogP contribution < -0.4 is 0 Å². The lowest BCUT2D eigenvalue weighted by molar-refractivity contribution is 0.556. The predicted molar refractivity (Wildman–Crippen MR) is 37.6 cm³/mol. The van der Waals surface area contributed by atoms with Crippen LogP contribution in [0.25, 0.3) is 0 Å². The van der Waals surface area contributed by atoms with Gasteiger partial charge in [0.25, 0.3) is 0 Å². The summed E-state index contributed by atoms with van der Waals surface area (Å²) in [5.41, 5.74) is 0.718. The van der Waals surface area contributed by atoms with E-state index >= 15 is 0 Å². The number of nitrogens with one attached hydrogen (secondary N) is 1. The van der Waals surface area contributed by atoms with E-state index < -0.39 is 0 Å². The minimum atomic E-state index is -0.269.